The fourth-order valence-electron chi connectivity index (χ4n) is 8.41. The first-order valence-electron chi connectivity index (χ1n) is 19.8. The van der Waals surface area contributed by atoms with Crippen molar-refractivity contribution < 1.29 is 0 Å². The van der Waals surface area contributed by atoms with Crippen LogP contribution >= 0.6 is 0 Å². The predicted octanol–water partition coefficient (Wildman–Crippen LogP) is 13.6. The number of aromatic nitrogens is 4. The van der Waals surface area contributed by atoms with E-state index >= 15 is 0 Å². The quantitative estimate of drug-likeness (QED) is 0.163. The van der Waals surface area contributed by atoms with Gasteiger partial charge in [0, 0.05) is 39.6 Å². The summed E-state index contributed by atoms with van der Waals surface area (Å²) in [5.74, 6) is 1.91. The smallest absolute Gasteiger partial charge is 0.164 e. The molecule has 0 bridgehead atoms. The maximum Gasteiger partial charge on any atom is 0.164 e. The third-order valence-corrected chi connectivity index (χ3v) is 11.6. The van der Waals surface area contributed by atoms with E-state index in [1.807, 2.05) is 48.7 Å². The average Bonchev–Trinajstić information content (AvgIpc) is 3.52. The fourth-order valence-corrected chi connectivity index (χ4v) is 8.41. The molecule has 58 heavy (non-hydrogen) atoms. The van der Waals surface area contributed by atoms with Gasteiger partial charge in [-0.05, 0) is 98.5 Å². The molecular weight excluding hydrogens is 705 g/mol. The van der Waals surface area contributed by atoms with Crippen molar-refractivity contribution in [2.45, 2.75) is 26.2 Å². The van der Waals surface area contributed by atoms with Crippen molar-refractivity contribution >= 4 is 0 Å². The van der Waals surface area contributed by atoms with Crippen LogP contribution in [0.4, 0.5) is 0 Å². The minimum Gasteiger partial charge on any atom is -0.261 e. The Kier molecular flexibility index (Phi) is 8.68. The Morgan fingerprint density at radius 1 is 0.328 bits per heavy atom. The summed E-state index contributed by atoms with van der Waals surface area (Å²) in [4.78, 5) is 19.7. The third-order valence-electron chi connectivity index (χ3n) is 11.6. The van der Waals surface area contributed by atoms with Gasteiger partial charge >= 0.3 is 0 Å². The average molecular weight is 745 g/mol. The highest BCUT2D eigenvalue weighted by Crippen LogP contribution is 2.49. The lowest BCUT2D eigenvalue weighted by atomic mass is 9.82. The molecule has 2 heterocycles. The second-order valence-corrected chi connectivity index (χ2v) is 15.6. The SMILES string of the molecule is Cc1ncccc1-c1ccc(-c2ccc(-c3cc(-c4ccc5c(c4)-c4ccccc4C5(C)C)cc(-c4nc(-c5ccccc5)nc(-c5ccccc5)n4)c3)cc2)cc1. The number of hydrogen-bond donors (Lipinski definition) is 0. The van der Waals surface area contributed by atoms with Crippen molar-refractivity contribution in [2.24, 2.45) is 0 Å². The van der Waals surface area contributed by atoms with Gasteiger partial charge < -0.3 is 0 Å². The van der Waals surface area contributed by atoms with E-state index in [-0.39, 0.29) is 5.41 Å². The minimum atomic E-state index is -0.0657. The highest BCUT2D eigenvalue weighted by Gasteiger charge is 2.35. The van der Waals surface area contributed by atoms with Gasteiger partial charge in [-0.25, -0.2) is 15.0 Å². The second kappa shape index (κ2) is 14.3. The maximum atomic E-state index is 5.14. The molecule has 0 atom stereocenters. The van der Waals surface area contributed by atoms with Gasteiger partial charge in [-0.3, -0.25) is 4.98 Å². The maximum absolute atomic E-state index is 5.14. The van der Waals surface area contributed by atoms with E-state index in [1.165, 1.54) is 27.8 Å². The van der Waals surface area contributed by atoms with E-state index in [9.17, 15) is 0 Å². The number of hydrogen-bond acceptors (Lipinski definition) is 4. The Balaban J connectivity index is 1.10. The molecule has 2 aromatic heterocycles. The van der Waals surface area contributed by atoms with Gasteiger partial charge in [-0.1, -0.05) is 166 Å². The van der Waals surface area contributed by atoms with E-state index < -0.39 is 0 Å². The van der Waals surface area contributed by atoms with Crippen molar-refractivity contribution in [3.63, 3.8) is 0 Å². The topological polar surface area (TPSA) is 51.6 Å². The Bertz CT molecular complexity index is 2890. The number of aryl methyl sites for hydroxylation is 1. The number of fused-ring (bicyclic) bond motifs is 3. The number of benzene rings is 7. The molecule has 7 aromatic carbocycles. The van der Waals surface area contributed by atoms with Crippen LogP contribution in [-0.4, -0.2) is 19.9 Å². The number of rotatable bonds is 7. The molecule has 0 fully saturated rings. The lowest BCUT2D eigenvalue weighted by Crippen LogP contribution is -2.14. The molecule has 9 aromatic rings. The van der Waals surface area contributed by atoms with E-state index in [0.717, 1.165) is 61.3 Å². The molecule has 0 radical (unpaired) electrons. The van der Waals surface area contributed by atoms with E-state index in [1.54, 1.807) is 0 Å². The Morgan fingerprint density at radius 2 is 0.776 bits per heavy atom. The lowest BCUT2D eigenvalue weighted by molar-refractivity contribution is 0.660. The first-order chi connectivity index (χ1) is 28.4. The molecule has 276 valence electrons. The van der Waals surface area contributed by atoms with Crippen molar-refractivity contribution in [2.75, 3.05) is 0 Å². The van der Waals surface area contributed by atoms with Gasteiger partial charge in [0.05, 0.1) is 0 Å². The van der Waals surface area contributed by atoms with Gasteiger partial charge in [0.1, 0.15) is 0 Å². The Morgan fingerprint density at radius 3 is 1.38 bits per heavy atom. The van der Waals surface area contributed by atoms with Gasteiger partial charge in [0.25, 0.3) is 0 Å². The summed E-state index contributed by atoms with van der Waals surface area (Å²) in [5.41, 5.74) is 18.2. The minimum absolute atomic E-state index is 0.0657. The van der Waals surface area contributed by atoms with Gasteiger partial charge in [-0.15, -0.1) is 0 Å². The lowest BCUT2D eigenvalue weighted by Gasteiger charge is -2.21. The molecular formula is C54H40N4. The molecule has 10 rings (SSSR count). The van der Waals surface area contributed by atoms with E-state index in [2.05, 4.69) is 165 Å². The van der Waals surface area contributed by atoms with Crippen LogP contribution in [0, 0.1) is 6.92 Å². The summed E-state index contributed by atoms with van der Waals surface area (Å²) >= 11 is 0. The fraction of sp³-hybridized carbons (Fsp3) is 0.0741. The highest BCUT2D eigenvalue weighted by atomic mass is 15.0. The van der Waals surface area contributed by atoms with Crippen LogP contribution in [0.3, 0.4) is 0 Å². The van der Waals surface area contributed by atoms with Crippen molar-refractivity contribution in [1.29, 1.82) is 0 Å². The van der Waals surface area contributed by atoms with Crippen LogP contribution in [0.1, 0.15) is 30.7 Å². The van der Waals surface area contributed by atoms with Crippen LogP contribution < -0.4 is 0 Å². The summed E-state index contributed by atoms with van der Waals surface area (Å²) in [6, 6.07) is 64.6. The summed E-state index contributed by atoms with van der Waals surface area (Å²) in [6.07, 6.45) is 1.84. The molecule has 1 aliphatic carbocycles. The normalized spacial score (nSPS) is 12.5. The molecule has 0 aliphatic heterocycles. The largest absolute Gasteiger partial charge is 0.261 e. The van der Waals surface area contributed by atoms with Crippen LogP contribution in [0.2, 0.25) is 0 Å². The molecule has 0 saturated heterocycles. The van der Waals surface area contributed by atoms with Gasteiger partial charge in [-0.2, -0.15) is 0 Å². The molecule has 1 aliphatic rings. The summed E-state index contributed by atoms with van der Waals surface area (Å²) < 4.78 is 0. The summed E-state index contributed by atoms with van der Waals surface area (Å²) in [5, 5.41) is 0. The molecule has 0 amide bonds. The Hall–Kier alpha value is -7.30. The molecule has 0 unspecified atom stereocenters. The first-order valence-corrected chi connectivity index (χ1v) is 19.8. The second-order valence-electron chi connectivity index (χ2n) is 15.6. The van der Waals surface area contributed by atoms with Gasteiger partial charge in [0.15, 0.2) is 17.5 Å². The number of nitrogens with zero attached hydrogens (tertiary/aromatic N) is 4. The van der Waals surface area contributed by atoms with E-state index in [4.69, 9.17) is 15.0 Å². The van der Waals surface area contributed by atoms with Crippen molar-refractivity contribution in [3.8, 4) is 89.8 Å². The van der Waals surface area contributed by atoms with Crippen LogP contribution in [-0.2, 0) is 5.41 Å². The Labute approximate surface area is 339 Å². The zero-order valence-electron chi connectivity index (χ0n) is 32.7. The zero-order chi connectivity index (χ0) is 39.2. The van der Waals surface area contributed by atoms with Crippen LogP contribution in [0.15, 0.2) is 188 Å². The molecule has 0 saturated carbocycles. The first kappa shape index (κ1) is 35.1. The van der Waals surface area contributed by atoms with E-state index in [0.29, 0.717) is 17.5 Å². The van der Waals surface area contributed by atoms with Crippen LogP contribution in [0.5, 0.6) is 0 Å². The highest BCUT2D eigenvalue weighted by molar-refractivity contribution is 5.87. The monoisotopic (exact) mass is 744 g/mol. The van der Waals surface area contributed by atoms with Crippen LogP contribution in [0.25, 0.3) is 89.8 Å². The summed E-state index contributed by atoms with van der Waals surface area (Å²) in [6.45, 7) is 6.70. The standard InChI is InChI=1S/C54H40N4/c1-35-46(18-12-30-55-35)39-26-24-37(25-27-39)36-20-22-38(23-21-36)43-31-44(42-28-29-50-48(34-42)47-17-10-11-19-49(47)54(50,2)3)33-45(32-43)53-57-51(40-13-6-4-7-14-40)56-52(58-53)41-15-8-5-9-16-41/h4-34H,1-3H3. The predicted molar refractivity (Wildman–Crippen MR) is 238 cm³/mol. The molecule has 0 N–H and O–H groups in total. The van der Waals surface area contributed by atoms with Gasteiger partial charge in [0.2, 0.25) is 0 Å². The summed E-state index contributed by atoms with van der Waals surface area (Å²) in [7, 11) is 0. The van der Waals surface area contributed by atoms with Crippen molar-refractivity contribution in [1.82, 2.24) is 19.9 Å². The third kappa shape index (κ3) is 6.39. The molecule has 4 heteroatoms. The zero-order valence-corrected chi connectivity index (χ0v) is 32.7. The number of pyridine rings is 1. The molecule has 4 nitrogen and oxygen atoms in total. The molecule has 0 spiro atoms. The van der Waals surface area contributed by atoms with Crippen molar-refractivity contribution in [3.05, 3.63) is 205 Å².